The highest BCUT2D eigenvalue weighted by Gasteiger charge is 2.11. The van der Waals surface area contributed by atoms with Gasteiger partial charge >= 0.3 is 0 Å². The molecule has 0 saturated heterocycles. The summed E-state index contributed by atoms with van der Waals surface area (Å²) in [5.41, 5.74) is 4.29. The first-order valence-corrected chi connectivity index (χ1v) is 7.15. The Labute approximate surface area is 124 Å². The Bertz CT molecular complexity index is 632. The number of aryl methyl sites for hydroxylation is 2. The average Bonchev–Trinajstić information content (AvgIpc) is 3.01. The van der Waals surface area contributed by atoms with E-state index in [9.17, 15) is 0 Å². The van der Waals surface area contributed by atoms with Crippen molar-refractivity contribution < 1.29 is 9.47 Å². The summed E-state index contributed by atoms with van der Waals surface area (Å²) in [6, 6.07) is 8.20. The van der Waals surface area contributed by atoms with Crippen LogP contribution in [0.3, 0.4) is 0 Å². The molecule has 0 aromatic carbocycles. The predicted octanol–water partition coefficient (Wildman–Crippen LogP) is 3.62. The highest BCUT2D eigenvalue weighted by Crippen LogP contribution is 2.18. The Kier molecular flexibility index (Phi) is 4.15. The van der Waals surface area contributed by atoms with Crippen molar-refractivity contribution >= 4 is 0 Å². The summed E-state index contributed by atoms with van der Waals surface area (Å²) in [4.78, 5) is 8.80. The third-order valence-electron chi connectivity index (χ3n) is 3.42. The van der Waals surface area contributed by atoms with E-state index >= 15 is 0 Å². The van der Waals surface area contributed by atoms with Gasteiger partial charge in [0.2, 0.25) is 6.29 Å². The first kappa shape index (κ1) is 13.6. The van der Waals surface area contributed by atoms with E-state index in [1.54, 1.807) is 12.5 Å². The van der Waals surface area contributed by atoms with Crippen LogP contribution >= 0.6 is 0 Å². The second-order valence-corrected chi connectivity index (χ2v) is 5.13. The molecule has 0 fully saturated rings. The number of nitrogens with zero attached hydrogens (tertiary/aromatic N) is 2. The molecule has 0 bridgehead atoms. The summed E-state index contributed by atoms with van der Waals surface area (Å²) >= 11 is 0. The lowest BCUT2D eigenvalue weighted by Gasteiger charge is -2.10. The lowest BCUT2D eigenvalue weighted by atomic mass is 10.1. The summed E-state index contributed by atoms with van der Waals surface area (Å²) in [5.74, 6) is 0. The maximum atomic E-state index is 5.27. The van der Waals surface area contributed by atoms with Crippen molar-refractivity contribution in [1.29, 1.82) is 0 Å². The molecule has 0 saturated carbocycles. The number of aromatic nitrogens is 2. The lowest BCUT2D eigenvalue weighted by Crippen LogP contribution is -2.07. The van der Waals surface area contributed by atoms with Gasteiger partial charge in [-0.25, -0.2) is 0 Å². The van der Waals surface area contributed by atoms with Crippen LogP contribution in [0.25, 0.3) is 11.4 Å². The second-order valence-electron chi connectivity index (χ2n) is 5.13. The molecule has 0 spiro atoms. The van der Waals surface area contributed by atoms with Gasteiger partial charge in [0, 0.05) is 18.8 Å². The van der Waals surface area contributed by atoms with E-state index in [1.165, 1.54) is 11.1 Å². The van der Waals surface area contributed by atoms with E-state index in [2.05, 4.69) is 29.0 Å². The number of hydrogen-bond acceptors (Lipinski definition) is 4. The lowest BCUT2D eigenvalue weighted by molar-refractivity contribution is -0.0290. The maximum absolute atomic E-state index is 5.27. The maximum Gasteiger partial charge on any atom is 0.239 e. The zero-order valence-electron chi connectivity index (χ0n) is 12.0. The molecule has 3 heterocycles. The molecular weight excluding hydrogens is 264 g/mol. The molecule has 2 aromatic heterocycles. The van der Waals surface area contributed by atoms with Gasteiger partial charge in [0.15, 0.2) is 0 Å². The van der Waals surface area contributed by atoms with Crippen molar-refractivity contribution in [2.45, 2.75) is 32.5 Å². The van der Waals surface area contributed by atoms with E-state index in [4.69, 9.17) is 9.47 Å². The Balaban J connectivity index is 1.63. The standard InChI is InChI=1S/C17H18N2O2/c1-13-5-7-18-15(11-13)16-12-14(6-8-19-16)3-2-4-17-20-9-10-21-17/h5-12,17H,2-4H2,1H3. The second kappa shape index (κ2) is 6.39. The van der Waals surface area contributed by atoms with Gasteiger partial charge < -0.3 is 9.47 Å². The average molecular weight is 282 g/mol. The minimum absolute atomic E-state index is 0.121. The fraction of sp³-hybridized carbons (Fsp3) is 0.294. The highest BCUT2D eigenvalue weighted by molar-refractivity contribution is 5.55. The van der Waals surface area contributed by atoms with Crippen LogP contribution in [0.5, 0.6) is 0 Å². The van der Waals surface area contributed by atoms with E-state index in [0.717, 1.165) is 30.7 Å². The van der Waals surface area contributed by atoms with Crippen molar-refractivity contribution in [2.24, 2.45) is 0 Å². The van der Waals surface area contributed by atoms with Crippen LogP contribution in [-0.2, 0) is 15.9 Å². The number of hydrogen-bond donors (Lipinski definition) is 0. The normalized spacial score (nSPS) is 14.0. The molecule has 3 rings (SSSR count). The van der Waals surface area contributed by atoms with E-state index in [1.807, 2.05) is 24.5 Å². The van der Waals surface area contributed by atoms with Crippen LogP contribution in [0.4, 0.5) is 0 Å². The van der Waals surface area contributed by atoms with Crippen LogP contribution in [0, 0.1) is 6.92 Å². The summed E-state index contributed by atoms with van der Waals surface area (Å²) in [5, 5.41) is 0. The monoisotopic (exact) mass is 282 g/mol. The van der Waals surface area contributed by atoms with Crippen LogP contribution < -0.4 is 0 Å². The Morgan fingerprint density at radius 3 is 2.48 bits per heavy atom. The molecule has 0 amide bonds. The van der Waals surface area contributed by atoms with Gasteiger partial charge in [-0.15, -0.1) is 0 Å². The van der Waals surface area contributed by atoms with Gasteiger partial charge in [-0.05, 0) is 55.2 Å². The van der Waals surface area contributed by atoms with Crippen LogP contribution in [-0.4, -0.2) is 16.3 Å². The molecule has 2 aromatic rings. The van der Waals surface area contributed by atoms with Gasteiger partial charge in [0.05, 0.1) is 11.4 Å². The molecule has 0 unspecified atom stereocenters. The van der Waals surface area contributed by atoms with E-state index in [-0.39, 0.29) is 6.29 Å². The van der Waals surface area contributed by atoms with E-state index < -0.39 is 0 Å². The van der Waals surface area contributed by atoms with Crippen molar-refractivity contribution in [3.05, 3.63) is 60.3 Å². The van der Waals surface area contributed by atoms with Crippen LogP contribution in [0.2, 0.25) is 0 Å². The van der Waals surface area contributed by atoms with Gasteiger partial charge in [-0.3, -0.25) is 9.97 Å². The molecule has 1 aliphatic rings. The molecule has 21 heavy (non-hydrogen) atoms. The van der Waals surface area contributed by atoms with Crippen molar-refractivity contribution in [3.8, 4) is 11.4 Å². The first-order chi connectivity index (χ1) is 10.3. The zero-order valence-corrected chi connectivity index (χ0v) is 12.0. The summed E-state index contributed by atoms with van der Waals surface area (Å²) in [6.45, 7) is 2.06. The van der Waals surface area contributed by atoms with Crippen molar-refractivity contribution in [2.75, 3.05) is 0 Å². The Hall–Kier alpha value is -2.36. The topological polar surface area (TPSA) is 44.2 Å². The summed E-state index contributed by atoms with van der Waals surface area (Å²) in [7, 11) is 0. The fourth-order valence-electron chi connectivity index (χ4n) is 2.33. The van der Waals surface area contributed by atoms with Crippen LogP contribution in [0.15, 0.2) is 49.2 Å². The smallest absolute Gasteiger partial charge is 0.239 e. The Morgan fingerprint density at radius 2 is 1.71 bits per heavy atom. The SMILES string of the molecule is Cc1ccnc(-c2cc(CCCC3OC=CO3)ccn2)c1. The summed E-state index contributed by atoms with van der Waals surface area (Å²) in [6.07, 6.45) is 9.61. The quantitative estimate of drug-likeness (QED) is 0.840. The number of ether oxygens (including phenoxy) is 2. The van der Waals surface area contributed by atoms with E-state index in [0.29, 0.717) is 0 Å². The first-order valence-electron chi connectivity index (χ1n) is 7.15. The molecule has 4 heteroatoms. The molecule has 4 nitrogen and oxygen atoms in total. The minimum Gasteiger partial charge on any atom is -0.459 e. The van der Waals surface area contributed by atoms with Gasteiger partial charge in [-0.2, -0.15) is 0 Å². The van der Waals surface area contributed by atoms with Crippen molar-refractivity contribution in [3.63, 3.8) is 0 Å². The zero-order chi connectivity index (χ0) is 14.5. The van der Waals surface area contributed by atoms with Gasteiger partial charge in [0.25, 0.3) is 0 Å². The molecule has 108 valence electrons. The number of rotatable bonds is 5. The molecule has 0 radical (unpaired) electrons. The van der Waals surface area contributed by atoms with Crippen LogP contribution in [0.1, 0.15) is 24.0 Å². The van der Waals surface area contributed by atoms with Crippen molar-refractivity contribution in [1.82, 2.24) is 9.97 Å². The summed E-state index contributed by atoms with van der Waals surface area (Å²) < 4.78 is 10.5. The highest BCUT2D eigenvalue weighted by atomic mass is 16.7. The molecule has 1 aliphatic heterocycles. The molecular formula is C17H18N2O2. The molecule has 0 atom stereocenters. The third kappa shape index (κ3) is 3.60. The Morgan fingerprint density at radius 1 is 1.00 bits per heavy atom. The third-order valence-corrected chi connectivity index (χ3v) is 3.42. The van der Waals surface area contributed by atoms with Gasteiger partial charge in [-0.1, -0.05) is 0 Å². The van der Waals surface area contributed by atoms with Gasteiger partial charge in [0.1, 0.15) is 12.5 Å². The fourth-order valence-corrected chi connectivity index (χ4v) is 2.33. The largest absolute Gasteiger partial charge is 0.459 e. The predicted molar refractivity (Wildman–Crippen MR) is 80.2 cm³/mol. The molecule has 0 N–H and O–H groups in total. The molecule has 0 aliphatic carbocycles. The number of pyridine rings is 2. The minimum atomic E-state index is -0.121.